The molecule has 0 spiro atoms. The lowest BCUT2D eigenvalue weighted by Crippen LogP contribution is -2.68. The third kappa shape index (κ3) is 4.79. The molecule has 2 saturated heterocycles. The molecule has 29 heavy (non-hydrogen) atoms. The Hall–Kier alpha value is -0.353. The SMILES string of the molecule is C[C@@H](O[Si](C)(C)C(C)(C)C)[C@H]1C(=O)N2C(=Nc3ccc(Cl)cc3)S/C(=C/I)C[C@H]12. The number of amides is 1. The lowest BCUT2D eigenvalue weighted by molar-refractivity contribution is -0.154. The summed E-state index contributed by atoms with van der Waals surface area (Å²) in [5.41, 5.74) is 0.798. The van der Waals surface area contributed by atoms with Gasteiger partial charge >= 0.3 is 0 Å². The van der Waals surface area contributed by atoms with Crippen molar-refractivity contribution < 1.29 is 9.22 Å². The minimum atomic E-state index is -1.94. The Morgan fingerprint density at radius 3 is 2.52 bits per heavy atom. The molecule has 2 aliphatic rings. The standard InChI is InChI=1S/C21H28ClIN2O2SSi/c1-13(27-29(5,6)21(2,3)4)18-17-11-16(12-23)28-20(25(17)19(18)26)24-15-9-7-14(22)8-10-15/h7-10,12-13,17-18H,11H2,1-6H3/b16-12+,24-20?/t13-,17-,18-/m1/s1. The van der Waals surface area contributed by atoms with Crippen LogP contribution in [0.25, 0.3) is 0 Å². The lowest BCUT2D eigenvalue weighted by atomic mass is 9.81. The number of fused-ring (bicyclic) bond motifs is 1. The summed E-state index contributed by atoms with van der Waals surface area (Å²) in [5.74, 6) is 0.000670. The van der Waals surface area contributed by atoms with Crippen LogP contribution in [0.5, 0.6) is 0 Å². The number of nitrogens with zero attached hydrogens (tertiary/aromatic N) is 2. The summed E-state index contributed by atoms with van der Waals surface area (Å²) in [6.45, 7) is 13.2. The first kappa shape index (κ1) is 23.3. The van der Waals surface area contributed by atoms with E-state index in [0.29, 0.717) is 5.02 Å². The molecule has 1 aromatic rings. The van der Waals surface area contributed by atoms with E-state index in [4.69, 9.17) is 21.0 Å². The highest BCUT2D eigenvalue weighted by atomic mass is 127. The molecular formula is C21H28ClIN2O2SSi. The van der Waals surface area contributed by atoms with Gasteiger partial charge in [-0.15, -0.1) is 0 Å². The van der Waals surface area contributed by atoms with Crippen LogP contribution in [0.15, 0.2) is 38.2 Å². The second-order valence-corrected chi connectivity index (χ2v) is 16.0. The van der Waals surface area contributed by atoms with E-state index in [1.807, 2.05) is 29.2 Å². The first-order valence-corrected chi connectivity index (χ1v) is 15.1. The van der Waals surface area contributed by atoms with Crippen LogP contribution < -0.4 is 0 Å². The van der Waals surface area contributed by atoms with E-state index in [0.717, 1.165) is 17.3 Å². The Bertz CT molecular complexity index is 851. The average molecular weight is 563 g/mol. The van der Waals surface area contributed by atoms with Crippen LogP contribution in [0, 0.1) is 5.92 Å². The third-order valence-electron chi connectivity index (χ3n) is 6.07. The number of thioether (sulfide) groups is 1. The van der Waals surface area contributed by atoms with E-state index in [2.05, 4.69) is 67.5 Å². The van der Waals surface area contributed by atoms with Crippen molar-refractivity contribution in [2.24, 2.45) is 10.9 Å². The van der Waals surface area contributed by atoms with Crippen molar-refractivity contribution in [3.63, 3.8) is 0 Å². The van der Waals surface area contributed by atoms with Crippen molar-refractivity contribution in [2.75, 3.05) is 0 Å². The van der Waals surface area contributed by atoms with Gasteiger partial charge in [-0.3, -0.25) is 9.69 Å². The summed E-state index contributed by atoms with van der Waals surface area (Å²) >= 11 is 9.83. The van der Waals surface area contributed by atoms with Crippen LogP contribution in [0.3, 0.4) is 0 Å². The lowest BCUT2D eigenvalue weighted by Gasteiger charge is -2.53. The molecule has 8 heteroatoms. The van der Waals surface area contributed by atoms with E-state index < -0.39 is 8.32 Å². The monoisotopic (exact) mass is 562 g/mol. The molecule has 2 heterocycles. The van der Waals surface area contributed by atoms with Gasteiger partial charge in [-0.1, -0.05) is 66.7 Å². The maximum Gasteiger partial charge on any atom is 0.236 e. The van der Waals surface area contributed by atoms with E-state index in [-0.39, 0.29) is 29.0 Å². The van der Waals surface area contributed by atoms with Gasteiger partial charge < -0.3 is 4.43 Å². The fourth-order valence-electron chi connectivity index (χ4n) is 3.43. The number of aliphatic imine (C=N–C) groups is 1. The third-order valence-corrected chi connectivity index (χ3v) is 13.1. The quantitative estimate of drug-likeness (QED) is 0.226. The van der Waals surface area contributed by atoms with Gasteiger partial charge in [-0.25, -0.2) is 4.99 Å². The summed E-state index contributed by atoms with van der Waals surface area (Å²) in [5, 5.41) is 1.53. The van der Waals surface area contributed by atoms with Crippen LogP contribution in [-0.2, 0) is 9.22 Å². The molecule has 0 aliphatic carbocycles. The molecule has 0 N–H and O–H groups in total. The first-order chi connectivity index (χ1) is 13.4. The van der Waals surface area contributed by atoms with Gasteiger partial charge in [0.1, 0.15) is 0 Å². The van der Waals surface area contributed by atoms with Crippen LogP contribution in [0.2, 0.25) is 23.2 Å². The number of rotatable bonds is 4. The van der Waals surface area contributed by atoms with E-state index in [1.54, 1.807) is 11.8 Å². The van der Waals surface area contributed by atoms with Gasteiger partial charge in [0.05, 0.1) is 23.8 Å². The van der Waals surface area contributed by atoms with Crippen LogP contribution in [0.1, 0.15) is 34.1 Å². The van der Waals surface area contributed by atoms with E-state index >= 15 is 0 Å². The number of hydrogen-bond donors (Lipinski definition) is 0. The van der Waals surface area contributed by atoms with Gasteiger partial charge in [-0.2, -0.15) is 0 Å². The van der Waals surface area contributed by atoms with Crippen LogP contribution >= 0.6 is 46.0 Å². The average Bonchev–Trinajstić information content (AvgIpc) is 2.61. The molecule has 0 saturated carbocycles. The van der Waals surface area contributed by atoms with Crippen molar-refractivity contribution in [3.8, 4) is 0 Å². The molecule has 1 aromatic carbocycles. The summed E-state index contributed by atoms with van der Waals surface area (Å²) in [7, 11) is -1.94. The van der Waals surface area contributed by atoms with Crippen molar-refractivity contribution in [3.05, 3.63) is 38.3 Å². The van der Waals surface area contributed by atoms with Crippen molar-refractivity contribution in [2.45, 2.75) is 64.4 Å². The zero-order valence-electron chi connectivity index (χ0n) is 17.7. The molecule has 1 amide bonds. The maximum absolute atomic E-state index is 13.1. The Morgan fingerprint density at radius 1 is 1.34 bits per heavy atom. The molecule has 158 valence electrons. The van der Waals surface area contributed by atoms with Crippen molar-refractivity contribution >= 4 is 71.0 Å². The zero-order chi connectivity index (χ0) is 21.6. The summed E-state index contributed by atoms with van der Waals surface area (Å²) < 4.78 is 8.66. The summed E-state index contributed by atoms with van der Waals surface area (Å²) in [6.07, 6.45) is 0.759. The molecule has 0 aromatic heterocycles. The Balaban J connectivity index is 1.84. The molecule has 3 atom stereocenters. The fourth-order valence-corrected chi connectivity index (χ4v) is 6.63. The van der Waals surface area contributed by atoms with Gasteiger partial charge in [0.15, 0.2) is 13.5 Å². The van der Waals surface area contributed by atoms with Gasteiger partial charge in [-0.05, 0) is 53.4 Å². The largest absolute Gasteiger partial charge is 0.413 e. The maximum atomic E-state index is 13.1. The molecule has 4 nitrogen and oxygen atoms in total. The van der Waals surface area contributed by atoms with Crippen LogP contribution in [-0.4, -0.2) is 36.4 Å². The highest BCUT2D eigenvalue weighted by Gasteiger charge is 2.56. The number of amidine groups is 1. The summed E-state index contributed by atoms with van der Waals surface area (Å²) in [6, 6.07) is 7.49. The first-order valence-electron chi connectivity index (χ1n) is 9.77. The molecular weight excluding hydrogens is 535 g/mol. The minimum absolute atomic E-state index is 0.0972. The van der Waals surface area contributed by atoms with Crippen molar-refractivity contribution in [1.82, 2.24) is 4.90 Å². The molecule has 2 fully saturated rings. The Morgan fingerprint density at radius 2 is 1.97 bits per heavy atom. The second-order valence-electron chi connectivity index (χ2n) is 9.14. The van der Waals surface area contributed by atoms with E-state index in [9.17, 15) is 4.79 Å². The topological polar surface area (TPSA) is 41.9 Å². The van der Waals surface area contributed by atoms with Gasteiger partial charge in [0.25, 0.3) is 0 Å². The highest BCUT2D eigenvalue weighted by molar-refractivity contribution is 14.1. The van der Waals surface area contributed by atoms with E-state index in [1.165, 1.54) is 4.91 Å². The molecule has 0 unspecified atom stereocenters. The predicted molar refractivity (Wildman–Crippen MR) is 135 cm³/mol. The number of carbonyl (C=O) groups excluding carboxylic acids is 1. The number of β-lactam (4-membered cyclic amide) rings is 1. The Labute approximate surface area is 197 Å². The predicted octanol–water partition coefficient (Wildman–Crippen LogP) is 6.98. The highest BCUT2D eigenvalue weighted by Crippen LogP contribution is 2.47. The van der Waals surface area contributed by atoms with Gasteiger partial charge in [0, 0.05) is 16.3 Å². The number of halogens is 2. The van der Waals surface area contributed by atoms with Crippen LogP contribution in [0.4, 0.5) is 5.69 Å². The fraction of sp³-hybridized carbons (Fsp3) is 0.524. The zero-order valence-corrected chi connectivity index (χ0v) is 22.4. The number of hydrogen-bond acceptors (Lipinski definition) is 4. The minimum Gasteiger partial charge on any atom is -0.413 e. The molecule has 0 bridgehead atoms. The van der Waals surface area contributed by atoms with Crippen molar-refractivity contribution in [1.29, 1.82) is 0 Å². The summed E-state index contributed by atoms with van der Waals surface area (Å²) in [4.78, 5) is 21.0. The second kappa shape index (κ2) is 8.65. The normalized spacial score (nSPS) is 26.5. The Kier molecular flexibility index (Phi) is 6.95. The smallest absolute Gasteiger partial charge is 0.236 e. The molecule has 0 radical (unpaired) electrons. The number of carbonyl (C=O) groups is 1. The molecule has 3 rings (SSSR count). The molecule has 2 aliphatic heterocycles. The van der Waals surface area contributed by atoms with Gasteiger partial charge in [0.2, 0.25) is 5.91 Å². The number of benzene rings is 1.